The van der Waals surface area contributed by atoms with Crippen molar-refractivity contribution in [3.8, 4) is 21.9 Å². The number of hydrogen-bond acceptors (Lipinski definition) is 5. The Kier molecular flexibility index (Phi) is 4.38. The number of benzene rings is 1. The standard InChI is InChI=1S/C19H17NO5S/c21-14(3-4-17(22)23)10-20-6-5-12-1-2-13(9-15(12)20)19-18-16(11-26-19)24-7-8-25-18/h1-2,5-6,9,11H,3-4,7-8,10H2,(H,22,23). The minimum absolute atomic E-state index is 0.0400. The summed E-state index contributed by atoms with van der Waals surface area (Å²) >= 11 is 1.57. The summed E-state index contributed by atoms with van der Waals surface area (Å²) in [4.78, 5) is 23.7. The Bertz CT molecular complexity index is 987. The number of carboxylic acid groups (broad SMARTS) is 1. The summed E-state index contributed by atoms with van der Waals surface area (Å²) in [5.74, 6) is 0.495. The van der Waals surface area contributed by atoms with Gasteiger partial charge in [-0.25, -0.2) is 0 Å². The number of fused-ring (bicyclic) bond motifs is 2. The van der Waals surface area contributed by atoms with Crippen molar-refractivity contribution in [3.05, 3.63) is 35.8 Å². The molecule has 1 aromatic carbocycles. The molecule has 0 aliphatic carbocycles. The summed E-state index contributed by atoms with van der Waals surface area (Å²) in [6, 6.07) is 8.03. The summed E-state index contributed by atoms with van der Waals surface area (Å²) in [5.41, 5.74) is 1.94. The van der Waals surface area contributed by atoms with Crippen LogP contribution in [-0.4, -0.2) is 34.6 Å². The number of aliphatic carboxylic acids is 1. The Morgan fingerprint density at radius 1 is 1.15 bits per heavy atom. The Labute approximate surface area is 153 Å². The van der Waals surface area contributed by atoms with E-state index >= 15 is 0 Å². The number of carbonyl (C=O) groups excluding carboxylic acids is 1. The van der Waals surface area contributed by atoms with Crippen molar-refractivity contribution >= 4 is 34.0 Å². The van der Waals surface area contributed by atoms with Crippen LogP contribution in [0.15, 0.2) is 35.8 Å². The van der Waals surface area contributed by atoms with Crippen LogP contribution in [0.2, 0.25) is 0 Å². The second-order valence-electron chi connectivity index (χ2n) is 6.10. The van der Waals surface area contributed by atoms with Crippen LogP contribution in [0.4, 0.5) is 0 Å². The average Bonchev–Trinajstić information content (AvgIpc) is 3.24. The van der Waals surface area contributed by atoms with Gasteiger partial charge in [0.05, 0.1) is 17.8 Å². The molecule has 0 amide bonds. The van der Waals surface area contributed by atoms with E-state index in [0.717, 1.165) is 32.8 Å². The highest BCUT2D eigenvalue weighted by molar-refractivity contribution is 7.14. The number of thiophene rings is 1. The lowest BCUT2D eigenvalue weighted by molar-refractivity contribution is -0.138. The second-order valence-corrected chi connectivity index (χ2v) is 6.98. The van der Waals surface area contributed by atoms with Crippen molar-refractivity contribution in [1.29, 1.82) is 0 Å². The monoisotopic (exact) mass is 371 g/mol. The van der Waals surface area contributed by atoms with E-state index in [1.807, 2.05) is 40.4 Å². The topological polar surface area (TPSA) is 77.8 Å². The Balaban J connectivity index is 1.64. The molecule has 2 aromatic heterocycles. The number of carbonyl (C=O) groups is 2. The number of ether oxygens (including phenoxy) is 2. The Morgan fingerprint density at radius 3 is 2.85 bits per heavy atom. The number of aromatic nitrogens is 1. The van der Waals surface area contributed by atoms with Gasteiger partial charge in [-0.05, 0) is 23.1 Å². The molecule has 0 bridgehead atoms. The fraction of sp³-hybridized carbons (Fsp3) is 0.263. The molecular formula is C19H17NO5S. The SMILES string of the molecule is O=C(O)CCC(=O)Cn1ccc2ccc(-c3scc4c3OCCO4)cc21. The fourth-order valence-electron chi connectivity index (χ4n) is 3.04. The predicted molar refractivity (Wildman–Crippen MR) is 98.1 cm³/mol. The summed E-state index contributed by atoms with van der Waals surface area (Å²) in [5, 5.41) is 11.7. The maximum atomic E-state index is 12.0. The highest BCUT2D eigenvalue weighted by atomic mass is 32.1. The van der Waals surface area contributed by atoms with Crippen LogP contribution < -0.4 is 9.47 Å². The molecule has 1 aliphatic heterocycles. The number of carboxylic acids is 1. The van der Waals surface area contributed by atoms with E-state index in [1.54, 1.807) is 11.3 Å². The first-order valence-corrected chi connectivity index (χ1v) is 9.19. The maximum absolute atomic E-state index is 12.0. The molecule has 4 rings (SSSR count). The molecule has 0 saturated heterocycles. The fourth-order valence-corrected chi connectivity index (χ4v) is 3.97. The zero-order chi connectivity index (χ0) is 18.1. The smallest absolute Gasteiger partial charge is 0.303 e. The minimum Gasteiger partial charge on any atom is -0.485 e. The van der Waals surface area contributed by atoms with E-state index in [4.69, 9.17) is 14.6 Å². The lowest BCUT2D eigenvalue weighted by Gasteiger charge is -2.16. The van der Waals surface area contributed by atoms with Gasteiger partial charge in [0.25, 0.3) is 0 Å². The molecule has 134 valence electrons. The van der Waals surface area contributed by atoms with E-state index in [0.29, 0.717) is 13.2 Å². The molecule has 7 heteroatoms. The van der Waals surface area contributed by atoms with Gasteiger partial charge in [-0.3, -0.25) is 9.59 Å². The van der Waals surface area contributed by atoms with Gasteiger partial charge in [-0.2, -0.15) is 0 Å². The molecule has 3 aromatic rings. The molecule has 0 radical (unpaired) electrons. The third kappa shape index (κ3) is 3.17. The molecule has 26 heavy (non-hydrogen) atoms. The van der Waals surface area contributed by atoms with Gasteiger partial charge in [-0.1, -0.05) is 12.1 Å². The largest absolute Gasteiger partial charge is 0.485 e. The molecule has 1 N–H and O–H groups in total. The zero-order valence-electron chi connectivity index (χ0n) is 13.9. The molecule has 6 nitrogen and oxygen atoms in total. The molecule has 3 heterocycles. The predicted octanol–water partition coefficient (Wildman–Crippen LogP) is 3.57. The second kappa shape index (κ2) is 6.84. The summed E-state index contributed by atoms with van der Waals surface area (Å²) < 4.78 is 13.2. The lowest BCUT2D eigenvalue weighted by Crippen LogP contribution is -2.14. The van der Waals surface area contributed by atoms with Crippen molar-refractivity contribution in [2.45, 2.75) is 19.4 Å². The van der Waals surface area contributed by atoms with Crippen molar-refractivity contribution in [2.75, 3.05) is 13.2 Å². The van der Waals surface area contributed by atoms with Gasteiger partial charge in [0.1, 0.15) is 13.2 Å². The van der Waals surface area contributed by atoms with Gasteiger partial charge >= 0.3 is 5.97 Å². The van der Waals surface area contributed by atoms with Crippen molar-refractivity contribution in [2.24, 2.45) is 0 Å². The average molecular weight is 371 g/mol. The van der Waals surface area contributed by atoms with E-state index in [-0.39, 0.29) is 25.2 Å². The Morgan fingerprint density at radius 2 is 2.00 bits per heavy atom. The van der Waals surface area contributed by atoms with Crippen molar-refractivity contribution < 1.29 is 24.2 Å². The number of rotatable bonds is 6. The van der Waals surface area contributed by atoms with Gasteiger partial charge < -0.3 is 19.1 Å². The van der Waals surface area contributed by atoms with Crippen LogP contribution in [0.1, 0.15) is 12.8 Å². The van der Waals surface area contributed by atoms with Crippen LogP contribution in [-0.2, 0) is 16.1 Å². The van der Waals surface area contributed by atoms with Crippen LogP contribution in [0.5, 0.6) is 11.5 Å². The van der Waals surface area contributed by atoms with Gasteiger partial charge in [-0.15, -0.1) is 11.3 Å². The minimum atomic E-state index is -0.956. The first-order valence-electron chi connectivity index (χ1n) is 8.31. The first kappa shape index (κ1) is 16.7. The molecule has 0 atom stereocenters. The van der Waals surface area contributed by atoms with Gasteiger partial charge in [0, 0.05) is 23.5 Å². The number of ketones is 1. The highest BCUT2D eigenvalue weighted by Gasteiger charge is 2.20. The van der Waals surface area contributed by atoms with E-state index in [1.165, 1.54) is 0 Å². The Hall–Kier alpha value is -2.80. The van der Waals surface area contributed by atoms with E-state index in [9.17, 15) is 9.59 Å². The van der Waals surface area contributed by atoms with Crippen LogP contribution in [0, 0.1) is 0 Å². The van der Waals surface area contributed by atoms with E-state index < -0.39 is 5.97 Å². The van der Waals surface area contributed by atoms with Crippen LogP contribution in [0.25, 0.3) is 21.3 Å². The third-order valence-corrected chi connectivity index (χ3v) is 5.29. The van der Waals surface area contributed by atoms with Gasteiger partial charge in [0.2, 0.25) is 0 Å². The lowest BCUT2D eigenvalue weighted by atomic mass is 10.1. The highest BCUT2D eigenvalue weighted by Crippen LogP contribution is 2.46. The molecular weight excluding hydrogens is 354 g/mol. The normalized spacial score (nSPS) is 13.1. The first-order chi connectivity index (χ1) is 12.6. The summed E-state index contributed by atoms with van der Waals surface area (Å²) in [6.07, 6.45) is 1.76. The van der Waals surface area contributed by atoms with Crippen molar-refractivity contribution in [3.63, 3.8) is 0 Å². The molecule has 0 fully saturated rings. The molecule has 1 aliphatic rings. The maximum Gasteiger partial charge on any atom is 0.303 e. The summed E-state index contributed by atoms with van der Waals surface area (Å²) in [6.45, 7) is 1.26. The number of hydrogen-bond donors (Lipinski definition) is 1. The molecule has 0 unspecified atom stereocenters. The van der Waals surface area contributed by atoms with Gasteiger partial charge in [0.15, 0.2) is 17.3 Å². The zero-order valence-corrected chi connectivity index (χ0v) is 14.8. The molecule has 0 saturated carbocycles. The summed E-state index contributed by atoms with van der Waals surface area (Å²) in [7, 11) is 0. The number of Topliss-reactive ketones (excluding diaryl/α,β-unsaturated/α-hetero) is 1. The number of nitrogens with zero attached hydrogens (tertiary/aromatic N) is 1. The van der Waals surface area contributed by atoms with Crippen LogP contribution >= 0.6 is 11.3 Å². The molecule has 0 spiro atoms. The quantitative estimate of drug-likeness (QED) is 0.717. The van der Waals surface area contributed by atoms with Crippen molar-refractivity contribution in [1.82, 2.24) is 4.57 Å². The third-order valence-electron chi connectivity index (χ3n) is 4.30. The van der Waals surface area contributed by atoms with Crippen LogP contribution in [0.3, 0.4) is 0 Å². The van der Waals surface area contributed by atoms with E-state index in [2.05, 4.69) is 0 Å².